The molecule has 0 saturated carbocycles. The van der Waals surface area contributed by atoms with Gasteiger partial charge >= 0.3 is 11.9 Å². The van der Waals surface area contributed by atoms with Crippen LogP contribution in [0.4, 0.5) is 0 Å². The molecule has 0 amide bonds. The topological polar surface area (TPSA) is 63.6 Å². The van der Waals surface area contributed by atoms with Gasteiger partial charge in [-0.05, 0) is 0 Å². The minimum absolute atomic E-state index is 0. The van der Waals surface area contributed by atoms with Gasteiger partial charge in [0.15, 0.2) is 0 Å². The molecule has 0 aromatic carbocycles. The average Bonchev–Trinajstić information content (AvgIpc) is 1.65. The van der Waals surface area contributed by atoms with Crippen LogP contribution in [0.15, 0.2) is 0 Å². The van der Waals surface area contributed by atoms with Gasteiger partial charge in [0.05, 0.1) is 7.11 Å². The quantitative estimate of drug-likeness (QED) is 0.468. The van der Waals surface area contributed by atoms with Crippen LogP contribution < -0.4 is 0 Å². The molecule has 0 spiro atoms. The van der Waals surface area contributed by atoms with E-state index in [1.54, 1.807) is 0 Å². The largest absolute Gasteiger partial charge is 0.473 e. The Morgan fingerprint density at radius 2 is 1.67 bits per heavy atom. The van der Waals surface area contributed by atoms with Gasteiger partial charge in [0.2, 0.25) is 0 Å². The van der Waals surface area contributed by atoms with Crippen molar-refractivity contribution in [1.29, 1.82) is 0 Å². The molecule has 0 fully saturated rings. The molecule has 0 bridgehead atoms. The molecular weight excluding hydrogens is 278 g/mol. The molecule has 6 heteroatoms. The maximum atomic E-state index is 9.69. The third-order valence-corrected chi connectivity index (χ3v) is 0.360. The van der Waals surface area contributed by atoms with E-state index in [0.29, 0.717) is 0 Å². The number of esters is 1. The number of hydrogen-bond acceptors (Lipinski definition) is 3. The van der Waals surface area contributed by atoms with E-state index in [1.807, 2.05) is 0 Å². The van der Waals surface area contributed by atoms with E-state index in [9.17, 15) is 9.59 Å². The van der Waals surface area contributed by atoms with Gasteiger partial charge in [-0.25, -0.2) is 9.59 Å². The second kappa shape index (κ2) is 9.15. The summed E-state index contributed by atoms with van der Waals surface area (Å²) in [5.41, 5.74) is 0. The zero-order valence-electron chi connectivity index (χ0n) is 4.83. The minimum atomic E-state index is -1.57. The van der Waals surface area contributed by atoms with Gasteiger partial charge in [0.1, 0.15) is 0 Å². The molecule has 0 aliphatic rings. The molecule has 9 heavy (non-hydrogen) atoms. The summed E-state index contributed by atoms with van der Waals surface area (Å²) >= 11 is 0. The summed E-state index contributed by atoms with van der Waals surface area (Å²) in [6.07, 6.45) is 0. The first-order chi connectivity index (χ1) is 3.18. The summed E-state index contributed by atoms with van der Waals surface area (Å²) in [5.74, 6) is -2.80. The van der Waals surface area contributed by atoms with Crippen molar-refractivity contribution in [2.45, 2.75) is 0 Å². The molecule has 0 atom stereocenters. The molecule has 0 heterocycles. The zero-order chi connectivity index (χ0) is 5.86. The summed E-state index contributed by atoms with van der Waals surface area (Å²) < 4.78 is 3.77. The first-order valence-electron chi connectivity index (χ1n) is 1.49. The van der Waals surface area contributed by atoms with Crippen molar-refractivity contribution in [2.75, 3.05) is 7.11 Å². The molecule has 0 aromatic heterocycles. The Kier molecular flexibility index (Phi) is 16.9. The molecule has 0 rings (SSSR count). The third-order valence-electron chi connectivity index (χ3n) is 0.360. The Bertz CT molecular complexity index is 102. The summed E-state index contributed by atoms with van der Waals surface area (Å²) in [7, 11) is 1.01. The molecule has 0 aliphatic carbocycles. The predicted octanol–water partition coefficient (Wildman–Crippen LogP) is -0.761. The van der Waals surface area contributed by atoms with Gasteiger partial charge in [-0.3, -0.25) is 0 Å². The summed E-state index contributed by atoms with van der Waals surface area (Å²) in [6.45, 7) is 0. The van der Waals surface area contributed by atoms with Crippen LogP contribution in [-0.2, 0) is 79.7 Å². The number of ether oxygens (including phenoxy) is 1. The number of carboxylic acid groups (broad SMARTS) is 1. The van der Waals surface area contributed by atoms with Crippen molar-refractivity contribution in [2.24, 2.45) is 0 Å². The number of carbonyl (C=O) groups is 2. The van der Waals surface area contributed by atoms with Crippen molar-refractivity contribution < 1.29 is 84.9 Å². The van der Waals surface area contributed by atoms with E-state index >= 15 is 0 Å². The van der Waals surface area contributed by atoms with Crippen molar-refractivity contribution >= 4 is 11.9 Å². The summed E-state index contributed by atoms with van der Waals surface area (Å²) in [4.78, 5) is 19.1. The molecule has 0 saturated heterocycles. The fourth-order valence-electron chi connectivity index (χ4n) is 0.0873. The molecule has 0 aromatic rings. The summed E-state index contributed by atoms with van der Waals surface area (Å²) in [6, 6.07) is 0. The number of carboxylic acids is 1. The number of methoxy groups -OCH3 is 1. The molecule has 46 valence electrons. The second-order valence-electron chi connectivity index (χ2n) is 0.797. The van der Waals surface area contributed by atoms with Crippen LogP contribution in [0.5, 0.6) is 0 Å². The Morgan fingerprint density at radius 1 is 1.33 bits per heavy atom. The van der Waals surface area contributed by atoms with Gasteiger partial charge in [0, 0.05) is 65.4 Å². The molecular formula is C3H4O4Y2. The normalized spacial score (nSPS) is 5.89. The van der Waals surface area contributed by atoms with Gasteiger partial charge < -0.3 is 9.84 Å². The van der Waals surface area contributed by atoms with Crippen molar-refractivity contribution in [3.63, 3.8) is 0 Å². The van der Waals surface area contributed by atoms with Crippen LogP contribution in [-0.4, -0.2) is 24.2 Å². The monoisotopic (exact) mass is 282 g/mol. The van der Waals surface area contributed by atoms with Crippen molar-refractivity contribution in [3.8, 4) is 0 Å². The van der Waals surface area contributed by atoms with Crippen LogP contribution in [0.25, 0.3) is 0 Å². The Hall–Kier alpha value is 1.15. The minimum Gasteiger partial charge on any atom is -0.473 e. The molecule has 0 unspecified atom stereocenters. The van der Waals surface area contributed by atoms with Gasteiger partial charge in [-0.1, -0.05) is 0 Å². The summed E-state index contributed by atoms with van der Waals surface area (Å²) in [5, 5.41) is 7.71. The first kappa shape index (κ1) is 16.6. The van der Waals surface area contributed by atoms with Gasteiger partial charge in [0.25, 0.3) is 0 Å². The Balaban J connectivity index is -0.000000180. The Morgan fingerprint density at radius 3 is 1.67 bits per heavy atom. The van der Waals surface area contributed by atoms with Crippen LogP contribution in [0, 0.1) is 0 Å². The van der Waals surface area contributed by atoms with E-state index < -0.39 is 11.9 Å². The van der Waals surface area contributed by atoms with Crippen LogP contribution >= 0.6 is 0 Å². The van der Waals surface area contributed by atoms with Crippen LogP contribution in [0.2, 0.25) is 0 Å². The van der Waals surface area contributed by atoms with Crippen molar-refractivity contribution in [3.05, 3.63) is 0 Å². The van der Waals surface area contributed by atoms with Crippen LogP contribution in [0.1, 0.15) is 0 Å². The Labute approximate surface area is 102 Å². The van der Waals surface area contributed by atoms with Crippen LogP contribution in [0.3, 0.4) is 0 Å². The number of aliphatic carboxylic acids is 1. The van der Waals surface area contributed by atoms with E-state index in [1.165, 1.54) is 0 Å². The van der Waals surface area contributed by atoms with Gasteiger partial charge in [-0.15, -0.1) is 0 Å². The van der Waals surface area contributed by atoms with Gasteiger partial charge in [-0.2, -0.15) is 0 Å². The van der Waals surface area contributed by atoms with E-state index in [-0.39, 0.29) is 65.4 Å². The third kappa shape index (κ3) is 9.15. The zero-order valence-corrected chi connectivity index (χ0v) is 10.5. The van der Waals surface area contributed by atoms with Crippen molar-refractivity contribution in [1.82, 2.24) is 0 Å². The number of hydrogen-bond donors (Lipinski definition) is 1. The predicted molar refractivity (Wildman–Crippen MR) is 19.7 cm³/mol. The molecule has 1 N–H and O–H groups in total. The fraction of sp³-hybridized carbons (Fsp3) is 0.333. The first-order valence-corrected chi connectivity index (χ1v) is 1.49. The standard InChI is InChI=1S/C3H4O4.2Y/c1-7-3(6)2(4)5;;/h1H3,(H,4,5);;. The maximum Gasteiger partial charge on any atom is 0.417 e. The van der Waals surface area contributed by atoms with E-state index in [2.05, 4.69) is 4.74 Å². The second-order valence-corrected chi connectivity index (χ2v) is 0.797. The SMILES string of the molecule is COC(=O)C(=O)O.[Y].[Y]. The van der Waals surface area contributed by atoms with E-state index in [4.69, 9.17) is 5.11 Å². The molecule has 4 nitrogen and oxygen atoms in total. The van der Waals surface area contributed by atoms with E-state index in [0.717, 1.165) is 7.11 Å². The number of rotatable bonds is 0. The molecule has 0 aliphatic heterocycles. The maximum absolute atomic E-state index is 9.69. The molecule has 2 radical (unpaired) electrons. The fourth-order valence-corrected chi connectivity index (χ4v) is 0.0873. The number of carbonyl (C=O) groups excluding carboxylic acids is 1. The average molecular weight is 282 g/mol. The smallest absolute Gasteiger partial charge is 0.417 e.